The van der Waals surface area contributed by atoms with Gasteiger partial charge in [-0.15, -0.1) is 0 Å². The maximum Gasteiger partial charge on any atom is 0.216 e. The lowest BCUT2D eigenvalue weighted by Crippen LogP contribution is -2.39. The molecule has 94 valence electrons. The second kappa shape index (κ2) is 6.86. The number of nitrogens with one attached hydrogen (secondary N) is 1. The van der Waals surface area contributed by atoms with Crippen molar-refractivity contribution in [2.45, 2.75) is 39.2 Å². The predicted molar refractivity (Wildman–Crippen MR) is 64.1 cm³/mol. The van der Waals surface area contributed by atoms with Crippen molar-refractivity contribution in [3.05, 3.63) is 0 Å². The number of carbonyl (C=O) groups is 1. The molecule has 1 unspecified atom stereocenters. The van der Waals surface area contributed by atoms with Crippen molar-refractivity contribution in [2.24, 2.45) is 5.92 Å². The summed E-state index contributed by atoms with van der Waals surface area (Å²) in [6.07, 6.45) is 2.97. The number of amides is 1. The van der Waals surface area contributed by atoms with Gasteiger partial charge in [0.1, 0.15) is 0 Å². The number of likely N-dealkylation sites (tertiary alicyclic amines) is 1. The first-order valence-electron chi connectivity index (χ1n) is 6.22. The first-order chi connectivity index (χ1) is 7.58. The highest BCUT2D eigenvalue weighted by Gasteiger charge is 2.19. The molecule has 1 aliphatic heterocycles. The van der Waals surface area contributed by atoms with Gasteiger partial charge in [-0.25, -0.2) is 0 Å². The highest BCUT2D eigenvalue weighted by molar-refractivity contribution is 5.72. The first kappa shape index (κ1) is 13.5. The van der Waals surface area contributed by atoms with E-state index in [4.69, 9.17) is 0 Å². The van der Waals surface area contributed by atoms with E-state index in [2.05, 4.69) is 10.2 Å². The highest BCUT2D eigenvalue weighted by Crippen LogP contribution is 2.16. The average Bonchev–Trinajstić information content (AvgIpc) is 2.25. The summed E-state index contributed by atoms with van der Waals surface area (Å²) in [5, 5.41) is 12.1. The van der Waals surface area contributed by atoms with E-state index in [9.17, 15) is 9.90 Å². The van der Waals surface area contributed by atoms with Crippen LogP contribution in [-0.2, 0) is 4.79 Å². The van der Waals surface area contributed by atoms with E-state index < -0.39 is 0 Å². The van der Waals surface area contributed by atoms with Gasteiger partial charge in [0.15, 0.2) is 0 Å². The quantitative estimate of drug-likeness (QED) is 0.725. The summed E-state index contributed by atoms with van der Waals surface area (Å²) in [7, 11) is 0. The van der Waals surface area contributed by atoms with Crippen molar-refractivity contribution in [1.29, 1.82) is 0 Å². The number of rotatable bonds is 5. The van der Waals surface area contributed by atoms with Crippen LogP contribution in [0.15, 0.2) is 0 Å². The molecule has 0 aliphatic carbocycles. The van der Waals surface area contributed by atoms with Crippen LogP contribution in [-0.4, -0.2) is 48.2 Å². The lowest BCUT2D eigenvalue weighted by molar-refractivity contribution is -0.119. The lowest BCUT2D eigenvalue weighted by Gasteiger charge is -2.32. The summed E-state index contributed by atoms with van der Waals surface area (Å²) in [5.41, 5.74) is 0. The van der Waals surface area contributed by atoms with E-state index in [-0.39, 0.29) is 12.0 Å². The third-order valence-electron chi connectivity index (χ3n) is 3.21. The molecule has 0 saturated carbocycles. The van der Waals surface area contributed by atoms with Gasteiger partial charge in [0.2, 0.25) is 5.91 Å². The van der Waals surface area contributed by atoms with Gasteiger partial charge in [0, 0.05) is 20.0 Å². The molecular weight excluding hydrogens is 204 g/mol. The number of piperidine rings is 1. The summed E-state index contributed by atoms with van der Waals surface area (Å²) in [6, 6.07) is 0. The van der Waals surface area contributed by atoms with Crippen molar-refractivity contribution >= 4 is 5.91 Å². The van der Waals surface area contributed by atoms with Crippen LogP contribution in [0.2, 0.25) is 0 Å². The van der Waals surface area contributed by atoms with E-state index in [1.807, 2.05) is 6.92 Å². The molecule has 0 aromatic rings. The molecule has 16 heavy (non-hydrogen) atoms. The van der Waals surface area contributed by atoms with Crippen LogP contribution in [0.1, 0.15) is 33.1 Å². The number of hydrogen-bond acceptors (Lipinski definition) is 3. The molecule has 2 N–H and O–H groups in total. The molecule has 1 fully saturated rings. The molecule has 1 saturated heterocycles. The third kappa shape index (κ3) is 5.47. The zero-order valence-corrected chi connectivity index (χ0v) is 10.4. The molecule has 0 bridgehead atoms. The smallest absolute Gasteiger partial charge is 0.216 e. The Morgan fingerprint density at radius 3 is 2.62 bits per heavy atom. The molecule has 4 nitrogen and oxygen atoms in total. The van der Waals surface area contributed by atoms with E-state index in [1.54, 1.807) is 6.92 Å². The molecular formula is C12H24N2O2. The Kier molecular flexibility index (Phi) is 5.77. The number of aliphatic hydroxyl groups is 1. The van der Waals surface area contributed by atoms with Crippen LogP contribution in [0, 0.1) is 5.92 Å². The fourth-order valence-corrected chi connectivity index (χ4v) is 2.07. The maximum atomic E-state index is 10.8. The molecule has 1 heterocycles. The summed E-state index contributed by atoms with van der Waals surface area (Å²) < 4.78 is 0. The zero-order chi connectivity index (χ0) is 12.0. The molecule has 4 heteroatoms. The minimum absolute atomic E-state index is 0.0662. The monoisotopic (exact) mass is 228 g/mol. The molecule has 0 aromatic heterocycles. The van der Waals surface area contributed by atoms with Crippen molar-refractivity contribution in [3.63, 3.8) is 0 Å². The van der Waals surface area contributed by atoms with Crippen LogP contribution >= 0.6 is 0 Å². The van der Waals surface area contributed by atoms with Crippen molar-refractivity contribution in [3.8, 4) is 0 Å². The second-order valence-corrected chi connectivity index (χ2v) is 4.86. The van der Waals surface area contributed by atoms with Gasteiger partial charge < -0.3 is 15.3 Å². The largest absolute Gasteiger partial charge is 0.393 e. The minimum Gasteiger partial charge on any atom is -0.393 e. The van der Waals surface area contributed by atoms with Crippen molar-refractivity contribution in [1.82, 2.24) is 10.2 Å². The normalized spacial score (nSPS) is 20.7. The van der Waals surface area contributed by atoms with Gasteiger partial charge >= 0.3 is 0 Å². The van der Waals surface area contributed by atoms with E-state index >= 15 is 0 Å². The molecule has 0 radical (unpaired) electrons. The van der Waals surface area contributed by atoms with Gasteiger partial charge in [0.05, 0.1) is 6.10 Å². The van der Waals surface area contributed by atoms with E-state index in [0.29, 0.717) is 5.92 Å². The molecule has 1 aliphatic rings. The average molecular weight is 228 g/mol. The Morgan fingerprint density at radius 2 is 2.12 bits per heavy atom. The Morgan fingerprint density at radius 1 is 1.50 bits per heavy atom. The third-order valence-corrected chi connectivity index (χ3v) is 3.21. The van der Waals surface area contributed by atoms with Crippen molar-refractivity contribution < 1.29 is 9.90 Å². The molecule has 1 amide bonds. The van der Waals surface area contributed by atoms with Gasteiger partial charge in [-0.1, -0.05) is 0 Å². The van der Waals surface area contributed by atoms with Crippen LogP contribution < -0.4 is 5.32 Å². The Hall–Kier alpha value is -0.610. The standard InChI is InChI=1S/C12H24N2O2/c1-10(15)3-6-14-7-4-12(5-8-14)9-13-11(2)16/h10,12,15H,3-9H2,1-2H3,(H,13,16). The van der Waals surface area contributed by atoms with Crippen LogP contribution in [0.5, 0.6) is 0 Å². The Bertz CT molecular complexity index is 211. The van der Waals surface area contributed by atoms with Gasteiger partial charge in [0.25, 0.3) is 0 Å². The number of aliphatic hydroxyl groups excluding tert-OH is 1. The minimum atomic E-state index is -0.197. The van der Waals surface area contributed by atoms with Gasteiger partial charge in [-0.05, 0) is 45.2 Å². The topological polar surface area (TPSA) is 52.6 Å². The van der Waals surface area contributed by atoms with Crippen molar-refractivity contribution in [2.75, 3.05) is 26.2 Å². The summed E-state index contributed by atoms with van der Waals surface area (Å²) in [6.45, 7) is 7.40. The highest BCUT2D eigenvalue weighted by atomic mass is 16.3. The maximum absolute atomic E-state index is 10.8. The van der Waals surface area contributed by atoms with Gasteiger partial charge in [-0.2, -0.15) is 0 Å². The van der Waals surface area contributed by atoms with Gasteiger partial charge in [-0.3, -0.25) is 4.79 Å². The number of nitrogens with zero attached hydrogens (tertiary/aromatic N) is 1. The lowest BCUT2D eigenvalue weighted by atomic mass is 9.96. The summed E-state index contributed by atoms with van der Waals surface area (Å²) >= 11 is 0. The fraction of sp³-hybridized carbons (Fsp3) is 0.917. The second-order valence-electron chi connectivity index (χ2n) is 4.86. The molecule has 0 spiro atoms. The fourth-order valence-electron chi connectivity index (χ4n) is 2.07. The van der Waals surface area contributed by atoms with E-state index in [1.165, 1.54) is 0 Å². The Labute approximate surface area is 98.0 Å². The Balaban J connectivity index is 2.11. The van der Waals surface area contributed by atoms with E-state index in [0.717, 1.165) is 45.4 Å². The van der Waals surface area contributed by atoms with Crippen LogP contribution in [0.25, 0.3) is 0 Å². The molecule has 1 rings (SSSR count). The first-order valence-corrected chi connectivity index (χ1v) is 6.22. The summed E-state index contributed by atoms with van der Waals surface area (Å²) in [4.78, 5) is 13.2. The SMILES string of the molecule is CC(=O)NCC1CCN(CCC(C)O)CC1. The predicted octanol–water partition coefficient (Wildman–Crippen LogP) is 0.605. The molecule has 1 atom stereocenters. The molecule has 0 aromatic carbocycles. The van der Waals surface area contributed by atoms with Crippen LogP contribution in [0.3, 0.4) is 0 Å². The zero-order valence-electron chi connectivity index (χ0n) is 10.4. The summed E-state index contributed by atoms with van der Waals surface area (Å²) in [5.74, 6) is 0.697. The van der Waals surface area contributed by atoms with Crippen LogP contribution in [0.4, 0.5) is 0 Å². The number of hydrogen-bond donors (Lipinski definition) is 2. The number of carbonyl (C=O) groups excluding carboxylic acids is 1.